The van der Waals surface area contributed by atoms with E-state index in [1.807, 2.05) is 29.8 Å². The van der Waals surface area contributed by atoms with Crippen LogP contribution in [0, 0.1) is 13.5 Å². The molecule has 7 nitrogen and oxygen atoms in total. The number of halogens is 1. The number of pyridine rings is 1. The number of nitrogens with two attached hydrogens (primary N) is 2. The highest BCUT2D eigenvalue weighted by molar-refractivity contribution is 7.89. The van der Waals surface area contributed by atoms with Crippen molar-refractivity contribution in [3.05, 3.63) is 77.0 Å². The van der Waals surface area contributed by atoms with E-state index in [9.17, 15) is 8.42 Å². The molecule has 0 aliphatic carbocycles. The molecule has 0 bridgehead atoms. The zero-order valence-corrected chi connectivity index (χ0v) is 17.4. The Bertz CT molecular complexity index is 1450. The Kier molecular flexibility index (Phi) is 4.74. The van der Waals surface area contributed by atoms with Crippen molar-refractivity contribution in [2.24, 2.45) is 5.14 Å². The van der Waals surface area contributed by atoms with Crippen LogP contribution < -0.4 is 10.9 Å². The number of hydrogen-bond acceptors (Lipinski definition) is 4. The maximum atomic E-state index is 11.6. The number of benzene rings is 2. The summed E-state index contributed by atoms with van der Waals surface area (Å²) in [5, 5.41) is 6.38. The number of primary sulfonamides is 1. The van der Waals surface area contributed by atoms with Gasteiger partial charge in [0.25, 0.3) is 0 Å². The van der Waals surface area contributed by atoms with Crippen LogP contribution in [0.1, 0.15) is 5.56 Å². The van der Waals surface area contributed by atoms with Gasteiger partial charge in [-0.2, -0.15) is 0 Å². The molecule has 2 aromatic heterocycles. The molecule has 150 valence electrons. The van der Waals surface area contributed by atoms with E-state index >= 15 is 0 Å². The fourth-order valence-electron chi connectivity index (χ4n) is 3.36. The van der Waals surface area contributed by atoms with Gasteiger partial charge in [-0.15, -0.1) is 0 Å². The molecule has 0 aliphatic heterocycles. The van der Waals surface area contributed by atoms with Gasteiger partial charge in [-0.05, 0) is 54.3 Å². The molecule has 4 rings (SSSR count). The minimum Gasteiger partial charge on any atom is -0.396 e. The number of fused-ring (bicyclic) bond motifs is 1. The SMILES string of the molecule is [C-]#[N+]c1cc2c(-c3cncc(N)c3Cl)cn(-c3ccc(S(N)(=O)=O)cc3)c2cc1C. The first kappa shape index (κ1) is 19.9. The Labute approximate surface area is 178 Å². The molecule has 0 aliphatic rings. The van der Waals surface area contributed by atoms with Gasteiger partial charge in [0.05, 0.1) is 33.9 Å². The molecule has 0 saturated heterocycles. The monoisotopic (exact) mass is 437 g/mol. The summed E-state index contributed by atoms with van der Waals surface area (Å²) in [5.41, 5.74) is 10.6. The maximum absolute atomic E-state index is 11.6. The van der Waals surface area contributed by atoms with E-state index in [-0.39, 0.29) is 4.90 Å². The fourth-order valence-corrected chi connectivity index (χ4v) is 4.07. The number of anilines is 1. The number of rotatable bonds is 3. The third kappa shape index (κ3) is 3.29. The van der Waals surface area contributed by atoms with Crippen molar-refractivity contribution in [1.82, 2.24) is 9.55 Å². The van der Waals surface area contributed by atoms with Crippen LogP contribution in [-0.4, -0.2) is 18.0 Å². The number of aryl methyl sites for hydroxylation is 1. The molecule has 0 amide bonds. The highest BCUT2D eigenvalue weighted by Crippen LogP contribution is 2.40. The minimum absolute atomic E-state index is 0.0254. The second-order valence-corrected chi connectivity index (χ2v) is 8.75. The zero-order chi connectivity index (χ0) is 21.6. The van der Waals surface area contributed by atoms with Crippen molar-refractivity contribution in [2.75, 3.05) is 5.73 Å². The highest BCUT2D eigenvalue weighted by atomic mass is 35.5. The fraction of sp³-hybridized carbons (Fsp3) is 0.0476. The summed E-state index contributed by atoms with van der Waals surface area (Å²) < 4.78 is 25.1. The average molecular weight is 438 g/mol. The van der Waals surface area contributed by atoms with Crippen LogP contribution in [0.25, 0.3) is 32.6 Å². The Hall–Kier alpha value is -3.38. The van der Waals surface area contributed by atoms with Crippen molar-refractivity contribution in [3.8, 4) is 16.8 Å². The lowest BCUT2D eigenvalue weighted by molar-refractivity contribution is 0.598. The van der Waals surface area contributed by atoms with Gasteiger partial charge in [-0.3, -0.25) is 4.98 Å². The summed E-state index contributed by atoms with van der Waals surface area (Å²) in [6.45, 7) is 9.32. The first-order valence-corrected chi connectivity index (χ1v) is 10.7. The van der Waals surface area contributed by atoms with E-state index in [0.717, 1.165) is 27.7 Å². The van der Waals surface area contributed by atoms with Crippen LogP contribution >= 0.6 is 11.6 Å². The predicted molar refractivity (Wildman–Crippen MR) is 118 cm³/mol. The van der Waals surface area contributed by atoms with E-state index in [2.05, 4.69) is 9.83 Å². The van der Waals surface area contributed by atoms with Gasteiger partial charge in [0.15, 0.2) is 5.69 Å². The van der Waals surface area contributed by atoms with E-state index in [1.165, 1.54) is 18.3 Å². The molecule has 0 unspecified atom stereocenters. The second-order valence-electron chi connectivity index (χ2n) is 6.81. The van der Waals surface area contributed by atoms with Crippen molar-refractivity contribution >= 4 is 43.9 Å². The molecule has 2 heterocycles. The molecule has 2 aromatic carbocycles. The van der Waals surface area contributed by atoms with Gasteiger partial charge in [-0.25, -0.2) is 18.4 Å². The van der Waals surface area contributed by atoms with Crippen molar-refractivity contribution < 1.29 is 8.42 Å². The lowest BCUT2D eigenvalue weighted by Gasteiger charge is -2.07. The van der Waals surface area contributed by atoms with Crippen LogP contribution in [0.4, 0.5) is 11.4 Å². The summed E-state index contributed by atoms with van der Waals surface area (Å²) in [6, 6.07) is 9.95. The van der Waals surface area contributed by atoms with E-state index in [1.54, 1.807) is 18.3 Å². The van der Waals surface area contributed by atoms with E-state index in [0.29, 0.717) is 22.0 Å². The normalized spacial score (nSPS) is 11.5. The minimum atomic E-state index is -3.79. The van der Waals surface area contributed by atoms with Gasteiger partial charge in [0, 0.05) is 29.2 Å². The van der Waals surface area contributed by atoms with Gasteiger partial charge in [0.1, 0.15) is 0 Å². The van der Waals surface area contributed by atoms with Crippen LogP contribution in [0.5, 0.6) is 0 Å². The molecular formula is C21H16ClN5O2S. The molecule has 30 heavy (non-hydrogen) atoms. The Morgan fingerprint density at radius 1 is 1.13 bits per heavy atom. The molecule has 0 atom stereocenters. The Balaban J connectivity index is 2.03. The summed E-state index contributed by atoms with van der Waals surface area (Å²) in [6.07, 6.45) is 4.97. The highest BCUT2D eigenvalue weighted by Gasteiger charge is 2.17. The van der Waals surface area contributed by atoms with Crippen LogP contribution in [0.3, 0.4) is 0 Å². The number of hydrogen-bond donors (Lipinski definition) is 2. The number of nitrogens with zero attached hydrogens (tertiary/aromatic N) is 3. The van der Waals surface area contributed by atoms with Gasteiger partial charge >= 0.3 is 0 Å². The van der Waals surface area contributed by atoms with Crippen LogP contribution in [-0.2, 0) is 10.0 Å². The summed E-state index contributed by atoms with van der Waals surface area (Å²) >= 11 is 6.44. The van der Waals surface area contributed by atoms with E-state index in [4.69, 9.17) is 29.0 Å². The summed E-state index contributed by atoms with van der Waals surface area (Å²) in [7, 11) is -3.79. The average Bonchev–Trinajstić information content (AvgIpc) is 3.07. The molecule has 4 aromatic rings. The van der Waals surface area contributed by atoms with Crippen molar-refractivity contribution in [1.29, 1.82) is 0 Å². The topological polar surface area (TPSA) is 108 Å². The number of sulfonamides is 1. The smallest absolute Gasteiger partial charge is 0.238 e. The van der Waals surface area contributed by atoms with Crippen molar-refractivity contribution in [2.45, 2.75) is 11.8 Å². The maximum Gasteiger partial charge on any atom is 0.238 e. The van der Waals surface area contributed by atoms with Crippen LogP contribution in [0.2, 0.25) is 5.02 Å². The quantitative estimate of drug-likeness (QED) is 0.462. The lowest BCUT2D eigenvalue weighted by atomic mass is 10.0. The lowest BCUT2D eigenvalue weighted by Crippen LogP contribution is -2.11. The third-order valence-electron chi connectivity index (χ3n) is 4.88. The zero-order valence-electron chi connectivity index (χ0n) is 15.8. The summed E-state index contributed by atoms with van der Waals surface area (Å²) in [4.78, 5) is 7.78. The second kappa shape index (κ2) is 7.15. The molecule has 0 saturated carbocycles. The number of aromatic nitrogens is 2. The standard InChI is InChI=1S/C21H16ClN5O2S/c1-12-7-20-15(8-19(12)25-2)17(16-9-26-10-18(23)21(16)22)11-27(20)13-3-5-14(6-4-13)30(24,28)29/h3-11H,23H2,1H3,(H2,24,28,29). The molecule has 0 fully saturated rings. The first-order valence-electron chi connectivity index (χ1n) is 8.76. The molecule has 0 spiro atoms. The Morgan fingerprint density at radius 2 is 1.83 bits per heavy atom. The van der Waals surface area contributed by atoms with Gasteiger partial charge < -0.3 is 10.3 Å². The molecule has 0 radical (unpaired) electrons. The van der Waals surface area contributed by atoms with Gasteiger partial charge in [-0.1, -0.05) is 11.6 Å². The number of nitrogen functional groups attached to an aromatic ring is 1. The summed E-state index contributed by atoms with van der Waals surface area (Å²) in [5.74, 6) is 0. The molecule has 9 heteroatoms. The van der Waals surface area contributed by atoms with Crippen LogP contribution in [0.15, 0.2) is 59.9 Å². The first-order chi connectivity index (χ1) is 14.2. The van der Waals surface area contributed by atoms with E-state index < -0.39 is 10.0 Å². The third-order valence-corrected chi connectivity index (χ3v) is 6.23. The van der Waals surface area contributed by atoms with Crippen molar-refractivity contribution in [3.63, 3.8) is 0 Å². The molecule has 4 N–H and O–H groups in total. The van der Waals surface area contributed by atoms with Gasteiger partial charge in [0.2, 0.25) is 10.0 Å². The Morgan fingerprint density at radius 3 is 2.47 bits per heavy atom. The largest absolute Gasteiger partial charge is 0.396 e. The predicted octanol–water partition coefficient (Wildman–Crippen LogP) is 4.43. The molecular weight excluding hydrogens is 422 g/mol.